The molecule has 0 bridgehead atoms. The van der Waals surface area contributed by atoms with Crippen LogP contribution < -0.4 is 9.47 Å². The molecule has 0 amide bonds. The highest BCUT2D eigenvalue weighted by Crippen LogP contribution is 2.36. The molecule has 4 nitrogen and oxygen atoms in total. The lowest BCUT2D eigenvalue weighted by molar-refractivity contribution is 0.355. The van der Waals surface area contributed by atoms with Crippen molar-refractivity contribution in [2.24, 2.45) is 0 Å². The zero-order valence-electron chi connectivity index (χ0n) is 13.5. The molecule has 3 aromatic rings. The van der Waals surface area contributed by atoms with Crippen LogP contribution in [0, 0.1) is 18.3 Å². The topological polar surface area (TPSA) is 47.2 Å². The number of hydrogen-bond acceptors (Lipinski definition) is 3. The van der Waals surface area contributed by atoms with Gasteiger partial charge in [0, 0.05) is 23.7 Å². The zero-order valence-corrected chi connectivity index (χ0v) is 13.5. The van der Waals surface area contributed by atoms with Crippen LogP contribution in [0.1, 0.15) is 16.8 Å². The van der Waals surface area contributed by atoms with E-state index in [1.807, 2.05) is 37.3 Å². The van der Waals surface area contributed by atoms with Gasteiger partial charge in [0.05, 0.1) is 25.3 Å². The van der Waals surface area contributed by atoms with E-state index in [1.54, 1.807) is 14.2 Å². The predicted octanol–water partition coefficient (Wildman–Crippen LogP) is 3.89. The second kappa shape index (κ2) is 6.05. The standard InChI is InChI=1S/C19H18N2O2/c1-13-16(11-20)15-9-18(22-2)19(23-3)10-17(15)21(13)12-14-7-5-4-6-8-14/h4-10H,12H2,1-3H3. The third-order valence-electron chi connectivity index (χ3n) is 4.12. The summed E-state index contributed by atoms with van der Waals surface area (Å²) < 4.78 is 12.9. The van der Waals surface area contributed by atoms with E-state index in [-0.39, 0.29) is 0 Å². The first-order valence-electron chi connectivity index (χ1n) is 7.38. The second-order valence-electron chi connectivity index (χ2n) is 5.37. The maximum atomic E-state index is 9.55. The van der Waals surface area contributed by atoms with Crippen molar-refractivity contribution >= 4 is 10.9 Å². The molecule has 0 fully saturated rings. The van der Waals surface area contributed by atoms with Crippen molar-refractivity contribution in [2.75, 3.05) is 14.2 Å². The lowest BCUT2D eigenvalue weighted by Crippen LogP contribution is -2.02. The number of methoxy groups -OCH3 is 2. The normalized spacial score (nSPS) is 10.5. The molecule has 0 saturated carbocycles. The summed E-state index contributed by atoms with van der Waals surface area (Å²) in [5, 5.41) is 10.4. The van der Waals surface area contributed by atoms with Crippen LogP contribution >= 0.6 is 0 Å². The number of ether oxygens (including phenoxy) is 2. The smallest absolute Gasteiger partial charge is 0.162 e. The molecule has 0 aliphatic rings. The quantitative estimate of drug-likeness (QED) is 0.734. The second-order valence-corrected chi connectivity index (χ2v) is 5.37. The van der Waals surface area contributed by atoms with Gasteiger partial charge in [-0.1, -0.05) is 30.3 Å². The average Bonchev–Trinajstić information content (AvgIpc) is 2.85. The summed E-state index contributed by atoms with van der Waals surface area (Å²) in [6, 6.07) is 16.3. The first kappa shape index (κ1) is 15.0. The van der Waals surface area contributed by atoms with Crippen molar-refractivity contribution in [3.8, 4) is 17.6 Å². The van der Waals surface area contributed by atoms with Crippen LogP contribution in [0.15, 0.2) is 42.5 Å². The minimum Gasteiger partial charge on any atom is -0.493 e. The summed E-state index contributed by atoms with van der Waals surface area (Å²) in [5.74, 6) is 1.30. The van der Waals surface area contributed by atoms with Gasteiger partial charge in [0.1, 0.15) is 6.07 Å². The fourth-order valence-electron chi connectivity index (χ4n) is 2.91. The molecular formula is C19H18N2O2. The van der Waals surface area contributed by atoms with Crippen molar-refractivity contribution in [1.29, 1.82) is 5.26 Å². The van der Waals surface area contributed by atoms with E-state index in [4.69, 9.17) is 9.47 Å². The first-order chi connectivity index (χ1) is 11.2. The number of nitrogens with zero attached hydrogens (tertiary/aromatic N) is 2. The Morgan fingerprint density at radius 2 is 1.70 bits per heavy atom. The van der Waals surface area contributed by atoms with E-state index in [0.717, 1.165) is 16.6 Å². The molecule has 116 valence electrons. The fourth-order valence-corrected chi connectivity index (χ4v) is 2.91. The van der Waals surface area contributed by atoms with Crippen molar-refractivity contribution in [3.05, 3.63) is 59.3 Å². The molecule has 0 unspecified atom stereocenters. The number of fused-ring (bicyclic) bond motifs is 1. The van der Waals surface area contributed by atoms with Gasteiger partial charge in [-0.3, -0.25) is 0 Å². The summed E-state index contributed by atoms with van der Waals surface area (Å²) in [4.78, 5) is 0. The van der Waals surface area contributed by atoms with E-state index in [9.17, 15) is 5.26 Å². The Labute approximate surface area is 135 Å². The van der Waals surface area contributed by atoms with Crippen LogP contribution in [0.2, 0.25) is 0 Å². The van der Waals surface area contributed by atoms with Crippen molar-refractivity contribution in [3.63, 3.8) is 0 Å². The largest absolute Gasteiger partial charge is 0.493 e. The molecule has 0 atom stereocenters. The number of nitriles is 1. The Morgan fingerprint density at radius 3 is 2.30 bits per heavy atom. The van der Waals surface area contributed by atoms with Crippen molar-refractivity contribution in [1.82, 2.24) is 4.57 Å². The van der Waals surface area contributed by atoms with Crippen LogP contribution in [0.5, 0.6) is 11.5 Å². The SMILES string of the molecule is COc1cc2c(C#N)c(C)n(Cc3ccccc3)c2cc1OC. The number of aromatic nitrogens is 1. The van der Waals surface area contributed by atoms with E-state index < -0.39 is 0 Å². The van der Waals surface area contributed by atoms with Gasteiger partial charge in [-0.2, -0.15) is 5.26 Å². The molecule has 23 heavy (non-hydrogen) atoms. The molecule has 0 aliphatic carbocycles. The lowest BCUT2D eigenvalue weighted by Gasteiger charge is -2.11. The highest BCUT2D eigenvalue weighted by molar-refractivity contribution is 5.91. The predicted molar refractivity (Wildman–Crippen MR) is 90.0 cm³/mol. The van der Waals surface area contributed by atoms with E-state index >= 15 is 0 Å². The Balaban J connectivity index is 2.25. The summed E-state index contributed by atoms with van der Waals surface area (Å²) in [6.07, 6.45) is 0. The Hall–Kier alpha value is -2.93. The van der Waals surface area contributed by atoms with Crippen LogP contribution in [0.25, 0.3) is 10.9 Å². The van der Waals surface area contributed by atoms with Crippen LogP contribution in [0.3, 0.4) is 0 Å². The molecule has 1 aromatic heterocycles. The Bertz CT molecular complexity index is 889. The van der Waals surface area contributed by atoms with Gasteiger partial charge < -0.3 is 14.0 Å². The highest BCUT2D eigenvalue weighted by Gasteiger charge is 2.17. The summed E-state index contributed by atoms with van der Waals surface area (Å²) in [6.45, 7) is 2.68. The van der Waals surface area contributed by atoms with Gasteiger partial charge in [-0.15, -0.1) is 0 Å². The molecule has 3 rings (SSSR count). The van der Waals surface area contributed by atoms with Crippen LogP contribution in [0.4, 0.5) is 0 Å². The summed E-state index contributed by atoms with van der Waals surface area (Å²) in [7, 11) is 3.22. The van der Waals surface area contributed by atoms with Crippen LogP contribution in [-0.4, -0.2) is 18.8 Å². The minimum atomic E-state index is 0.633. The van der Waals surface area contributed by atoms with E-state index in [0.29, 0.717) is 23.6 Å². The molecule has 0 aliphatic heterocycles. The maximum absolute atomic E-state index is 9.55. The molecule has 4 heteroatoms. The third-order valence-corrected chi connectivity index (χ3v) is 4.12. The zero-order chi connectivity index (χ0) is 16.4. The lowest BCUT2D eigenvalue weighted by atomic mass is 10.1. The van der Waals surface area contributed by atoms with E-state index in [2.05, 4.69) is 22.8 Å². The Kier molecular flexibility index (Phi) is 3.94. The molecule has 0 spiro atoms. The Morgan fingerprint density at radius 1 is 1.04 bits per heavy atom. The van der Waals surface area contributed by atoms with Gasteiger partial charge in [-0.25, -0.2) is 0 Å². The van der Waals surface area contributed by atoms with Gasteiger partial charge in [-0.05, 0) is 18.6 Å². The van der Waals surface area contributed by atoms with Crippen molar-refractivity contribution < 1.29 is 9.47 Å². The van der Waals surface area contributed by atoms with Gasteiger partial charge in [0.25, 0.3) is 0 Å². The summed E-state index contributed by atoms with van der Waals surface area (Å²) in [5.41, 5.74) is 3.78. The monoisotopic (exact) mass is 306 g/mol. The molecular weight excluding hydrogens is 288 g/mol. The molecule has 0 saturated heterocycles. The average molecular weight is 306 g/mol. The first-order valence-corrected chi connectivity index (χ1v) is 7.38. The molecule has 2 aromatic carbocycles. The number of hydrogen-bond donors (Lipinski definition) is 0. The molecule has 0 radical (unpaired) electrons. The molecule has 1 heterocycles. The number of rotatable bonds is 4. The van der Waals surface area contributed by atoms with Crippen molar-refractivity contribution in [2.45, 2.75) is 13.5 Å². The maximum Gasteiger partial charge on any atom is 0.162 e. The van der Waals surface area contributed by atoms with Crippen LogP contribution in [-0.2, 0) is 6.54 Å². The molecule has 0 N–H and O–H groups in total. The minimum absolute atomic E-state index is 0.633. The van der Waals surface area contributed by atoms with E-state index in [1.165, 1.54) is 5.56 Å². The summed E-state index contributed by atoms with van der Waals surface area (Å²) >= 11 is 0. The van der Waals surface area contributed by atoms with Gasteiger partial charge >= 0.3 is 0 Å². The van der Waals surface area contributed by atoms with Gasteiger partial charge in [0.15, 0.2) is 11.5 Å². The van der Waals surface area contributed by atoms with Gasteiger partial charge in [0.2, 0.25) is 0 Å². The highest BCUT2D eigenvalue weighted by atomic mass is 16.5. The number of benzene rings is 2. The third kappa shape index (κ3) is 2.51. The fraction of sp³-hybridized carbons (Fsp3) is 0.211.